The van der Waals surface area contributed by atoms with E-state index in [2.05, 4.69) is 39.1 Å². The smallest absolute Gasteiger partial charge is 0.127 e. The highest BCUT2D eigenvalue weighted by molar-refractivity contribution is 5.04. The summed E-state index contributed by atoms with van der Waals surface area (Å²) >= 11 is 0. The molecule has 1 saturated carbocycles. The van der Waals surface area contributed by atoms with Crippen LogP contribution in [0, 0.1) is 16.7 Å². The maximum atomic E-state index is 9.25. The van der Waals surface area contributed by atoms with Gasteiger partial charge in [0.15, 0.2) is 0 Å². The first-order valence-corrected chi connectivity index (χ1v) is 7.07. The van der Waals surface area contributed by atoms with E-state index in [0.717, 1.165) is 12.8 Å². The lowest BCUT2D eigenvalue weighted by atomic mass is 9.76. The van der Waals surface area contributed by atoms with Crippen LogP contribution in [0.15, 0.2) is 0 Å². The Bertz CT molecular complexity index is 296. The van der Waals surface area contributed by atoms with Gasteiger partial charge in [-0.1, -0.05) is 13.8 Å². The molecule has 0 bridgehead atoms. The summed E-state index contributed by atoms with van der Waals surface area (Å²) in [7, 11) is 0. The van der Waals surface area contributed by atoms with Crippen molar-refractivity contribution < 1.29 is 4.74 Å². The molecule has 3 heteroatoms. The third-order valence-corrected chi connectivity index (χ3v) is 3.75. The molecule has 0 aromatic carbocycles. The zero-order valence-electron chi connectivity index (χ0n) is 12.5. The molecule has 1 unspecified atom stereocenters. The van der Waals surface area contributed by atoms with Crippen molar-refractivity contribution in [2.75, 3.05) is 6.61 Å². The molecule has 1 aliphatic rings. The number of nitrogens with one attached hydrogen (secondary N) is 1. The number of nitriles is 1. The molecule has 0 amide bonds. The number of hydrogen-bond acceptors (Lipinski definition) is 3. The van der Waals surface area contributed by atoms with E-state index in [1.807, 2.05) is 6.92 Å². The Morgan fingerprint density at radius 2 is 1.94 bits per heavy atom. The quantitative estimate of drug-likeness (QED) is 0.817. The van der Waals surface area contributed by atoms with Crippen molar-refractivity contribution >= 4 is 0 Å². The maximum absolute atomic E-state index is 9.25. The minimum absolute atomic E-state index is 0.295. The van der Waals surface area contributed by atoms with Crippen molar-refractivity contribution in [1.82, 2.24) is 5.32 Å². The maximum Gasteiger partial charge on any atom is 0.127 e. The molecule has 1 N–H and O–H groups in total. The highest BCUT2D eigenvalue weighted by Crippen LogP contribution is 2.36. The molecular weight excluding hydrogens is 224 g/mol. The summed E-state index contributed by atoms with van der Waals surface area (Å²) in [6.45, 7) is 11.1. The van der Waals surface area contributed by atoms with Crippen LogP contribution in [0.1, 0.15) is 60.3 Å². The van der Waals surface area contributed by atoms with Gasteiger partial charge in [-0.3, -0.25) is 5.32 Å². The molecular formula is C15H28N2O. The predicted molar refractivity (Wildman–Crippen MR) is 74.3 cm³/mol. The van der Waals surface area contributed by atoms with Gasteiger partial charge in [0.05, 0.1) is 18.8 Å². The van der Waals surface area contributed by atoms with Crippen LogP contribution in [0.25, 0.3) is 0 Å². The molecule has 0 aliphatic heterocycles. The van der Waals surface area contributed by atoms with Crippen LogP contribution in [0.2, 0.25) is 0 Å². The van der Waals surface area contributed by atoms with Gasteiger partial charge in [0, 0.05) is 6.04 Å². The van der Waals surface area contributed by atoms with E-state index in [1.54, 1.807) is 0 Å². The summed E-state index contributed by atoms with van der Waals surface area (Å²) in [6, 6.07) is 2.62. The second-order valence-electron chi connectivity index (χ2n) is 6.92. The molecule has 0 aromatic heterocycles. The van der Waals surface area contributed by atoms with Gasteiger partial charge in [0.25, 0.3) is 0 Å². The summed E-state index contributed by atoms with van der Waals surface area (Å²) in [5.74, 6) is 0. The minimum Gasteiger partial charge on any atom is -0.375 e. The number of nitrogens with zero attached hydrogens (tertiary/aromatic N) is 1. The minimum atomic E-state index is -0.568. The van der Waals surface area contributed by atoms with Crippen LogP contribution in [-0.4, -0.2) is 24.3 Å². The van der Waals surface area contributed by atoms with Crippen LogP contribution in [0.3, 0.4) is 0 Å². The van der Waals surface area contributed by atoms with E-state index < -0.39 is 5.54 Å². The average Bonchev–Trinajstić information content (AvgIpc) is 2.27. The average molecular weight is 252 g/mol. The summed E-state index contributed by atoms with van der Waals surface area (Å²) in [6.07, 6.45) is 5.02. The lowest BCUT2D eigenvalue weighted by Gasteiger charge is -2.35. The number of ether oxygens (including phenoxy) is 1. The number of hydrogen-bond donors (Lipinski definition) is 1. The first-order valence-electron chi connectivity index (χ1n) is 7.07. The van der Waals surface area contributed by atoms with E-state index in [1.165, 1.54) is 12.8 Å². The summed E-state index contributed by atoms with van der Waals surface area (Å²) in [5, 5.41) is 12.5. The van der Waals surface area contributed by atoms with Gasteiger partial charge in [0.2, 0.25) is 0 Å². The Morgan fingerprint density at radius 1 is 1.39 bits per heavy atom. The fourth-order valence-electron chi connectivity index (χ4n) is 2.57. The van der Waals surface area contributed by atoms with Crippen LogP contribution in [0.4, 0.5) is 0 Å². The van der Waals surface area contributed by atoms with Gasteiger partial charge in [-0.25, -0.2) is 0 Å². The van der Waals surface area contributed by atoms with Crippen LogP contribution >= 0.6 is 0 Å². The molecule has 0 heterocycles. The van der Waals surface area contributed by atoms with Crippen LogP contribution in [0.5, 0.6) is 0 Å². The van der Waals surface area contributed by atoms with Crippen molar-refractivity contribution in [3.63, 3.8) is 0 Å². The van der Waals surface area contributed by atoms with Gasteiger partial charge in [-0.05, 0) is 51.9 Å². The van der Waals surface area contributed by atoms with Crippen LogP contribution < -0.4 is 5.32 Å². The second kappa shape index (κ2) is 6.04. The molecule has 0 spiro atoms. The van der Waals surface area contributed by atoms with Gasteiger partial charge >= 0.3 is 0 Å². The fourth-order valence-corrected chi connectivity index (χ4v) is 2.57. The summed E-state index contributed by atoms with van der Waals surface area (Å²) in [4.78, 5) is 0. The zero-order chi connectivity index (χ0) is 13.8. The Labute approximate surface area is 112 Å². The second-order valence-corrected chi connectivity index (χ2v) is 6.92. The van der Waals surface area contributed by atoms with Crippen molar-refractivity contribution in [2.24, 2.45) is 5.41 Å². The third kappa shape index (κ3) is 4.96. The van der Waals surface area contributed by atoms with E-state index in [9.17, 15) is 5.26 Å². The highest BCUT2D eigenvalue weighted by Gasteiger charge is 2.30. The fraction of sp³-hybridized carbons (Fsp3) is 0.933. The zero-order valence-corrected chi connectivity index (χ0v) is 12.5. The first kappa shape index (κ1) is 15.5. The molecule has 0 aromatic rings. The molecule has 0 saturated heterocycles. The van der Waals surface area contributed by atoms with Gasteiger partial charge in [-0.15, -0.1) is 0 Å². The molecule has 3 nitrogen and oxygen atoms in total. The summed E-state index contributed by atoms with van der Waals surface area (Å²) < 4.78 is 5.95. The Hall–Kier alpha value is -0.590. The number of rotatable bonds is 5. The van der Waals surface area contributed by atoms with E-state index >= 15 is 0 Å². The van der Waals surface area contributed by atoms with Gasteiger partial charge < -0.3 is 4.74 Å². The molecule has 1 fully saturated rings. The van der Waals surface area contributed by atoms with Crippen molar-refractivity contribution in [3.05, 3.63) is 0 Å². The molecule has 0 radical (unpaired) electrons. The lowest BCUT2D eigenvalue weighted by Crippen LogP contribution is -2.49. The van der Waals surface area contributed by atoms with Crippen LogP contribution in [-0.2, 0) is 4.74 Å². The van der Waals surface area contributed by atoms with Gasteiger partial charge in [0.1, 0.15) is 5.54 Å². The highest BCUT2D eigenvalue weighted by atomic mass is 16.5. The van der Waals surface area contributed by atoms with E-state index in [0.29, 0.717) is 24.2 Å². The Kier molecular flexibility index (Phi) is 5.19. The topological polar surface area (TPSA) is 45.0 Å². The molecule has 1 atom stereocenters. The van der Waals surface area contributed by atoms with Crippen molar-refractivity contribution in [2.45, 2.75) is 78.0 Å². The van der Waals surface area contributed by atoms with Gasteiger partial charge in [-0.2, -0.15) is 5.26 Å². The molecule has 104 valence electrons. The lowest BCUT2D eigenvalue weighted by molar-refractivity contribution is -0.0142. The van der Waals surface area contributed by atoms with E-state index in [4.69, 9.17) is 4.74 Å². The summed E-state index contributed by atoms with van der Waals surface area (Å²) in [5.41, 5.74) is -0.101. The molecule has 1 aliphatic carbocycles. The predicted octanol–water partition coefficient (Wildman–Crippen LogP) is 3.25. The molecule has 1 rings (SSSR count). The first-order chi connectivity index (χ1) is 8.26. The van der Waals surface area contributed by atoms with Crippen molar-refractivity contribution in [3.8, 4) is 6.07 Å². The monoisotopic (exact) mass is 252 g/mol. The van der Waals surface area contributed by atoms with E-state index in [-0.39, 0.29) is 0 Å². The third-order valence-electron chi connectivity index (χ3n) is 3.75. The standard InChI is InChI=1S/C15H28N2O/c1-12(2)17-15(5,10-16)11-18-13-6-8-14(3,4)9-7-13/h12-13,17H,6-9,11H2,1-5H3. The normalized spacial score (nSPS) is 23.6. The Morgan fingerprint density at radius 3 is 2.39 bits per heavy atom. The Balaban J connectivity index is 2.38. The SMILES string of the molecule is CC(C)NC(C)(C#N)COC1CCC(C)(C)CC1. The molecule has 18 heavy (non-hydrogen) atoms. The van der Waals surface area contributed by atoms with Crippen molar-refractivity contribution in [1.29, 1.82) is 5.26 Å². The largest absolute Gasteiger partial charge is 0.375 e.